The minimum atomic E-state index is 0.366. The van der Waals surface area contributed by atoms with Gasteiger partial charge in [0.2, 0.25) is 0 Å². The molecule has 0 bridgehead atoms. The Labute approximate surface area is 113 Å². The molecule has 1 saturated carbocycles. The molecule has 2 N–H and O–H groups in total. The molecule has 2 atom stereocenters. The lowest BCUT2D eigenvalue weighted by atomic mass is 10.1. The fraction of sp³-hybridized carbons (Fsp3) is 0.571. The Morgan fingerprint density at radius 2 is 1.94 bits per heavy atom. The van der Waals surface area contributed by atoms with Gasteiger partial charge in [-0.15, -0.1) is 0 Å². The first-order chi connectivity index (χ1) is 8.27. The number of rotatable bonds is 3. The van der Waals surface area contributed by atoms with Crippen LogP contribution < -0.4 is 5.73 Å². The average molecular weight is 270 g/mol. The maximum Gasteiger partial charge on any atom is 0.0446 e. The summed E-state index contributed by atoms with van der Waals surface area (Å²) in [5.41, 5.74) is 7.46. The molecule has 1 aliphatic carbocycles. The molecule has 2 unspecified atom stereocenters. The molecule has 0 spiro atoms. The predicted molar refractivity (Wildman–Crippen MR) is 77.6 cm³/mol. The van der Waals surface area contributed by atoms with Gasteiger partial charge in [-0.1, -0.05) is 49.1 Å². The third kappa shape index (κ3) is 3.90. The first-order valence-corrected chi connectivity index (χ1v) is 7.80. The number of hydrogen-bond donors (Lipinski definition) is 1. The summed E-state index contributed by atoms with van der Waals surface area (Å²) in [4.78, 5) is 0. The lowest BCUT2D eigenvalue weighted by Gasteiger charge is -2.20. The highest BCUT2D eigenvalue weighted by Gasteiger charge is 2.20. The topological polar surface area (TPSA) is 26.0 Å². The van der Waals surface area contributed by atoms with Crippen LogP contribution in [0.15, 0.2) is 24.3 Å². The van der Waals surface area contributed by atoms with Gasteiger partial charge in [-0.25, -0.2) is 0 Å². The summed E-state index contributed by atoms with van der Waals surface area (Å²) in [6.45, 7) is 0. The van der Waals surface area contributed by atoms with Crippen LogP contribution in [-0.4, -0.2) is 11.3 Å². The molecule has 17 heavy (non-hydrogen) atoms. The van der Waals surface area contributed by atoms with E-state index in [1.165, 1.54) is 37.7 Å². The zero-order valence-electron chi connectivity index (χ0n) is 10.1. The van der Waals surface area contributed by atoms with Crippen LogP contribution in [0.4, 0.5) is 0 Å². The van der Waals surface area contributed by atoms with Crippen LogP contribution in [0.3, 0.4) is 0 Å². The fourth-order valence-corrected chi connectivity index (χ4v) is 3.97. The van der Waals surface area contributed by atoms with Crippen LogP contribution in [-0.2, 0) is 5.75 Å². The van der Waals surface area contributed by atoms with Gasteiger partial charge < -0.3 is 5.73 Å². The van der Waals surface area contributed by atoms with Crippen LogP contribution in [0, 0.1) is 0 Å². The monoisotopic (exact) mass is 269 g/mol. The number of thioether (sulfide) groups is 1. The molecule has 1 fully saturated rings. The van der Waals surface area contributed by atoms with E-state index in [0.717, 1.165) is 10.8 Å². The zero-order chi connectivity index (χ0) is 12.1. The molecule has 3 heteroatoms. The van der Waals surface area contributed by atoms with Crippen LogP contribution >= 0.6 is 23.4 Å². The molecule has 1 nitrogen and oxygen atoms in total. The molecule has 2 rings (SSSR count). The minimum Gasteiger partial charge on any atom is -0.327 e. The number of hydrogen-bond acceptors (Lipinski definition) is 2. The highest BCUT2D eigenvalue weighted by atomic mass is 35.5. The van der Waals surface area contributed by atoms with Gasteiger partial charge in [0, 0.05) is 22.1 Å². The van der Waals surface area contributed by atoms with E-state index in [1.54, 1.807) is 0 Å². The van der Waals surface area contributed by atoms with E-state index in [1.807, 2.05) is 23.9 Å². The van der Waals surface area contributed by atoms with Crippen molar-refractivity contribution in [2.45, 2.75) is 49.1 Å². The van der Waals surface area contributed by atoms with Crippen molar-refractivity contribution < 1.29 is 0 Å². The van der Waals surface area contributed by atoms with Gasteiger partial charge in [0.15, 0.2) is 0 Å². The molecule has 1 aromatic carbocycles. The summed E-state index contributed by atoms with van der Waals surface area (Å²) >= 11 is 8.14. The Balaban J connectivity index is 1.90. The highest BCUT2D eigenvalue weighted by Crippen LogP contribution is 2.30. The Hall–Kier alpha value is -0.180. The normalized spacial score (nSPS) is 25.5. The lowest BCUT2D eigenvalue weighted by Crippen LogP contribution is -2.31. The molecule has 0 amide bonds. The van der Waals surface area contributed by atoms with E-state index in [2.05, 4.69) is 12.1 Å². The second-order valence-corrected chi connectivity index (χ2v) is 6.38. The van der Waals surface area contributed by atoms with Crippen LogP contribution in [0.25, 0.3) is 0 Å². The molecule has 0 heterocycles. The van der Waals surface area contributed by atoms with Crippen molar-refractivity contribution in [1.82, 2.24) is 0 Å². The van der Waals surface area contributed by atoms with Gasteiger partial charge in [-0.2, -0.15) is 11.8 Å². The van der Waals surface area contributed by atoms with Gasteiger partial charge in [0.25, 0.3) is 0 Å². The predicted octanol–water partition coefficient (Wildman–Crippen LogP) is 4.23. The van der Waals surface area contributed by atoms with Crippen molar-refractivity contribution in [3.63, 3.8) is 0 Å². The molecule has 0 saturated heterocycles. The number of halogens is 1. The highest BCUT2D eigenvalue weighted by molar-refractivity contribution is 7.99. The molecule has 0 radical (unpaired) electrons. The summed E-state index contributed by atoms with van der Waals surface area (Å²) in [6, 6.07) is 8.47. The van der Waals surface area contributed by atoms with E-state index >= 15 is 0 Å². The van der Waals surface area contributed by atoms with E-state index in [9.17, 15) is 0 Å². The van der Waals surface area contributed by atoms with Crippen molar-refractivity contribution in [3.05, 3.63) is 34.9 Å². The molecule has 94 valence electrons. The van der Waals surface area contributed by atoms with Crippen molar-refractivity contribution in [3.8, 4) is 0 Å². The Kier molecular flexibility index (Phi) is 5.20. The molecule has 0 aromatic heterocycles. The lowest BCUT2D eigenvalue weighted by molar-refractivity contribution is 0.596. The van der Waals surface area contributed by atoms with Crippen LogP contribution in [0.5, 0.6) is 0 Å². The number of benzene rings is 1. The van der Waals surface area contributed by atoms with Crippen molar-refractivity contribution in [1.29, 1.82) is 0 Å². The fourth-order valence-electron chi connectivity index (χ4n) is 2.32. The first-order valence-electron chi connectivity index (χ1n) is 6.38. The second kappa shape index (κ2) is 6.67. The van der Waals surface area contributed by atoms with Gasteiger partial charge >= 0.3 is 0 Å². The molecular weight excluding hydrogens is 250 g/mol. The van der Waals surface area contributed by atoms with E-state index < -0.39 is 0 Å². The summed E-state index contributed by atoms with van der Waals surface area (Å²) in [7, 11) is 0. The molecule has 0 aliphatic heterocycles. The van der Waals surface area contributed by atoms with Crippen LogP contribution in [0.1, 0.15) is 37.7 Å². The SMILES string of the molecule is NC1CCCCCC1SCc1ccccc1Cl. The van der Waals surface area contributed by atoms with E-state index in [-0.39, 0.29) is 0 Å². The first kappa shape index (κ1) is 13.3. The van der Waals surface area contributed by atoms with E-state index in [0.29, 0.717) is 11.3 Å². The summed E-state index contributed by atoms with van der Waals surface area (Å²) in [5.74, 6) is 0.984. The van der Waals surface area contributed by atoms with Gasteiger partial charge in [0.1, 0.15) is 0 Å². The summed E-state index contributed by atoms with van der Waals surface area (Å²) in [5, 5.41) is 1.48. The largest absolute Gasteiger partial charge is 0.327 e. The second-order valence-electron chi connectivity index (χ2n) is 4.74. The third-order valence-electron chi connectivity index (χ3n) is 3.41. The Morgan fingerprint density at radius 1 is 1.18 bits per heavy atom. The molecule has 1 aliphatic rings. The maximum atomic E-state index is 6.23. The zero-order valence-corrected chi connectivity index (χ0v) is 11.6. The van der Waals surface area contributed by atoms with Crippen LogP contribution in [0.2, 0.25) is 5.02 Å². The van der Waals surface area contributed by atoms with Crippen molar-refractivity contribution in [2.75, 3.05) is 0 Å². The van der Waals surface area contributed by atoms with Gasteiger partial charge in [0.05, 0.1) is 0 Å². The van der Waals surface area contributed by atoms with Crippen molar-refractivity contribution in [2.24, 2.45) is 5.73 Å². The minimum absolute atomic E-state index is 0.366. The maximum absolute atomic E-state index is 6.23. The Bertz CT molecular complexity index is 356. The third-order valence-corrected chi connectivity index (χ3v) is 5.27. The molecular formula is C14H20ClNS. The Morgan fingerprint density at radius 3 is 2.76 bits per heavy atom. The van der Waals surface area contributed by atoms with Gasteiger partial charge in [-0.3, -0.25) is 0 Å². The molecule has 1 aromatic rings. The van der Waals surface area contributed by atoms with Crippen molar-refractivity contribution >= 4 is 23.4 Å². The summed E-state index contributed by atoms with van der Waals surface area (Å²) in [6.07, 6.45) is 6.41. The average Bonchev–Trinajstić information content (AvgIpc) is 2.53. The number of nitrogens with two attached hydrogens (primary N) is 1. The van der Waals surface area contributed by atoms with E-state index in [4.69, 9.17) is 17.3 Å². The smallest absolute Gasteiger partial charge is 0.0446 e. The van der Waals surface area contributed by atoms with Gasteiger partial charge in [-0.05, 0) is 24.5 Å². The summed E-state index contributed by atoms with van der Waals surface area (Å²) < 4.78 is 0. The quantitative estimate of drug-likeness (QED) is 0.831. The standard InChI is InChI=1S/C14H20ClNS/c15-12-7-5-4-6-11(12)10-17-14-9-3-1-2-8-13(14)16/h4-7,13-14H,1-3,8-10,16H2.